The van der Waals surface area contributed by atoms with Crippen LogP contribution in [0.25, 0.3) is 0 Å². The first-order valence-electron chi connectivity index (χ1n) is 6.54. The molecular formula is C15H21NO. The molecule has 1 saturated carbocycles. The maximum Gasteiger partial charge on any atom is 0.163 e. The highest BCUT2D eigenvalue weighted by molar-refractivity contribution is 5.96. The summed E-state index contributed by atoms with van der Waals surface area (Å²) in [4.78, 5) is 12.0. The molecule has 1 atom stereocenters. The van der Waals surface area contributed by atoms with Gasteiger partial charge in [0.15, 0.2) is 5.78 Å². The van der Waals surface area contributed by atoms with Crippen molar-refractivity contribution in [3.8, 4) is 0 Å². The molecule has 2 N–H and O–H groups in total. The van der Waals surface area contributed by atoms with Crippen LogP contribution >= 0.6 is 0 Å². The first-order valence-corrected chi connectivity index (χ1v) is 6.54. The Morgan fingerprint density at radius 2 is 2.24 bits per heavy atom. The minimum absolute atomic E-state index is 0.226. The third-order valence-corrected chi connectivity index (χ3v) is 3.72. The highest BCUT2D eigenvalue weighted by atomic mass is 16.1. The molecule has 1 aromatic carbocycles. The summed E-state index contributed by atoms with van der Waals surface area (Å²) in [6.45, 7) is 2.60. The monoisotopic (exact) mass is 231 g/mol. The summed E-state index contributed by atoms with van der Waals surface area (Å²) in [5, 5.41) is 0. The summed E-state index contributed by atoms with van der Waals surface area (Å²) in [5.41, 5.74) is 7.75. The largest absolute Gasteiger partial charge is 0.330 e. The van der Waals surface area contributed by atoms with Crippen molar-refractivity contribution in [1.82, 2.24) is 0 Å². The molecule has 1 aliphatic carbocycles. The minimum atomic E-state index is 0.226. The second kappa shape index (κ2) is 5.46. The van der Waals surface area contributed by atoms with Gasteiger partial charge in [0.1, 0.15) is 0 Å². The lowest BCUT2D eigenvalue weighted by Gasteiger charge is -2.26. The number of Topliss-reactive ketones (excluding diaryl/α,β-unsaturated/α-hetero) is 1. The lowest BCUT2D eigenvalue weighted by molar-refractivity contribution is 0.0965. The van der Waals surface area contributed by atoms with Crippen LogP contribution in [0.2, 0.25) is 0 Å². The van der Waals surface area contributed by atoms with Crippen LogP contribution in [-0.2, 0) is 0 Å². The smallest absolute Gasteiger partial charge is 0.163 e. The van der Waals surface area contributed by atoms with Gasteiger partial charge in [-0.1, -0.05) is 31.5 Å². The van der Waals surface area contributed by atoms with Gasteiger partial charge in [-0.05, 0) is 42.9 Å². The van der Waals surface area contributed by atoms with Crippen molar-refractivity contribution in [3.05, 3.63) is 35.4 Å². The van der Waals surface area contributed by atoms with Crippen molar-refractivity contribution in [3.63, 3.8) is 0 Å². The minimum Gasteiger partial charge on any atom is -0.330 e. The maximum atomic E-state index is 12.0. The molecule has 1 aliphatic rings. The van der Waals surface area contributed by atoms with Crippen LogP contribution in [0.4, 0.5) is 0 Å². The van der Waals surface area contributed by atoms with E-state index in [0.717, 1.165) is 5.56 Å². The van der Waals surface area contributed by atoms with Crippen LogP contribution in [0.15, 0.2) is 24.3 Å². The standard InChI is InChI=1S/C15H21NO/c1-11(10-16)8-15(17)14-7-3-6-13(9-14)12-4-2-5-12/h3,6-7,9,11-12H,2,4-5,8,10,16H2,1H3. The summed E-state index contributed by atoms with van der Waals surface area (Å²) in [6.07, 6.45) is 4.44. The third-order valence-electron chi connectivity index (χ3n) is 3.72. The van der Waals surface area contributed by atoms with Gasteiger partial charge < -0.3 is 5.73 Å². The van der Waals surface area contributed by atoms with E-state index in [-0.39, 0.29) is 11.7 Å². The lowest BCUT2D eigenvalue weighted by atomic mass is 9.79. The number of hydrogen-bond donors (Lipinski definition) is 1. The van der Waals surface area contributed by atoms with Gasteiger partial charge in [-0.25, -0.2) is 0 Å². The average molecular weight is 231 g/mol. The highest BCUT2D eigenvalue weighted by Gasteiger charge is 2.20. The number of hydrogen-bond acceptors (Lipinski definition) is 2. The summed E-state index contributed by atoms with van der Waals surface area (Å²) < 4.78 is 0. The van der Waals surface area contributed by atoms with Gasteiger partial charge in [0.05, 0.1) is 0 Å². The van der Waals surface area contributed by atoms with Crippen LogP contribution in [0.1, 0.15) is 54.4 Å². The Morgan fingerprint density at radius 3 is 2.82 bits per heavy atom. The topological polar surface area (TPSA) is 43.1 Å². The number of carbonyl (C=O) groups excluding carboxylic acids is 1. The third kappa shape index (κ3) is 2.95. The Bertz CT molecular complexity index is 396. The van der Waals surface area contributed by atoms with Crippen LogP contribution in [0.5, 0.6) is 0 Å². The zero-order chi connectivity index (χ0) is 12.3. The first kappa shape index (κ1) is 12.3. The maximum absolute atomic E-state index is 12.0. The molecule has 1 unspecified atom stereocenters. The first-order chi connectivity index (χ1) is 8.20. The summed E-state index contributed by atoms with van der Waals surface area (Å²) in [6, 6.07) is 8.16. The van der Waals surface area contributed by atoms with Gasteiger partial charge in [-0.15, -0.1) is 0 Å². The molecule has 2 nitrogen and oxygen atoms in total. The van der Waals surface area contributed by atoms with E-state index in [1.165, 1.54) is 24.8 Å². The zero-order valence-corrected chi connectivity index (χ0v) is 10.5. The predicted molar refractivity (Wildman–Crippen MR) is 70.2 cm³/mol. The SMILES string of the molecule is CC(CN)CC(=O)c1cccc(C2CCC2)c1. The molecule has 0 spiro atoms. The lowest BCUT2D eigenvalue weighted by Crippen LogP contribution is -2.15. The fourth-order valence-corrected chi connectivity index (χ4v) is 2.23. The molecule has 1 aromatic rings. The van der Waals surface area contributed by atoms with Crippen molar-refractivity contribution < 1.29 is 4.79 Å². The molecule has 1 fully saturated rings. The number of nitrogens with two attached hydrogens (primary N) is 1. The van der Waals surface area contributed by atoms with Gasteiger partial charge in [-0.2, -0.15) is 0 Å². The van der Waals surface area contributed by atoms with E-state index in [9.17, 15) is 4.79 Å². The van der Waals surface area contributed by atoms with Crippen LogP contribution in [-0.4, -0.2) is 12.3 Å². The van der Waals surface area contributed by atoms with E-state index in [0.29, 0.717) is 18.9 Å². The molecule has 0 saturated heterocycles. The number of benzene rings is 1. The summed E-state index contributed by atoms with van der Waals surface area (Å²) in [5.74, 6) is 1.19. The van der Waals surface area contributed by atoms with Crippen LogP contribution in [0.3, 0.4) is 0 Å². The van der Waals surface area contributed by atoms with E-state index < -0.39 is 0 Å². The molecule has 0 aliphatic heterocycles. The number of ketones is 1. The fraction of sp³-hybridized carbons (Fsp3) is 0.533. The molecule has 0 heterocycles. The molecule has 0 aromatic heterocycles. The Balaban J connectivity index is 2.07. The molecule has 2 rings (SSSR count). The Labute approximate surface area is 103 Å². The zero-order valence-electron chi connectivity index (χ0n) is 10.5. The second-order valence-corrected chi connectivity index (χ2v) is 5.22. The molecule has 17 heavy (non-hydrogen) atoms. The molecule has 0 amide bonds. The molecular weight excluding hydrogens is 210 g/mol. The Morgan fingerprint density at radius 1 is 1.47 bits per heavy atom. The van der Waals surface area contributed by atoms with Gasteiger partial charge in [0.25, 0.3) is 0 Å². The van der Waals surface area contributed by atoms with Gasteiger partial charge in [-0.3, -0.25) is 4.79 Å². The van der Waals surface area contributed by atoms with E-state index in [1.807, 2.05) is 19.1 Å². The van der Waals surface area contributed by atoms with Gasteiger partial charge >= 0.3 is 0 Å². The number of rotatable bonds is 5. The molecule has 0 bridgehead atoms. The van der Waals surface area contributed by atoms with Crippen LogP contribution in [0, 0.1) is 5.92 Å². The van der Waals surface area contributed by atoms with E-state index >= 15 is 0 Å². The van der Waals surface area contributed by atoms with E-state index in [2.05, 4.69) is 12.1 Å². The van der Waals surface area contributed by atoms with Crippen molar-refractivity contribution in [1.29, 1.82) is 0 Å². The highest BCUT2D eigenvalue weighted by Crippen LogP contribution is 2.36. The normalized spacial score (nSPS) is 17.5. The van der Waals surface area contributed by atoms with Crippen molar-refractivity contribution >= 4 is 5.78 Å². The predicted octanol–water partition coefficient (Wildman–Crippen LogP) is 3.12. The quantitative estimate of drug-likeness (QED) is 0.791. The summed E-state index contributed by atoms with van der Waals surface area (Å²) >= 11 is 0. The average Bonchev–Trinajstić information content (AvgIpc) is 2.27. The Hall–Kier alpha value is -1.15. The van der Waals surface area contributed by atoms with Gasteiger partial charge in [0, 0.05) is 12.0 Å². The van der Waals surface area contributed by atoms with Crippen LogP contribution < -0.4 is 5.73 Å². The summed E-state index contributed by atoms with van der Waals surface area (Å²) in [7, 11) is 0. The molecule has 0 radical (unpaired) electrons. The van der Waals surface area contributed by atoms with Crippen molar-refractivity contribution in [2.24, 2.45) is 11.7 Å². The number of carbonyl (C=O) groups is 1. The second-order valence-electron chi connectivity index (χ2n) is 5.22. The van der Waals surface area contributed by atoms with Crippen molar-refractivity contribution in [2.75, 3.05) is 6.54 Å². The molecule has 92 valence electrons. The van der Waals surface area contributed by atoms with E-state index in [4.69, 9.17) is 5.73 Å². The van der Waals surface area contributed by atoms with E-state index in [1.54, 1.807) is 0 Å². The van der Waals surface area contributed by atoms with Gasteiger partial charge in [0.2, 0.25) is 0 Å². The fourth-order valence-electron chi connectivity index (χ4n) is 2.23. The van der Waals surface area contributed by atoms with Crippen molar-refractivity contribution in [2.45, 2.75) is 38.5 Å². The molecule has 2 heteroatoms. The Kier molecular flexibility index (Phi) is 3.95.